The quantitative estimate of drug-likeness (QED) is 0.0981. The van der Waals surface area contributed by atoms with Crippen molar-refractivity contribution in [3.8, 4) is 0 Å². The fourth-order valence-electron chi connectivity index (χ4n) is 4.38. The van der Waals surface area contributed by atoms with Gasteiger partial charge in [0.2, 0.25) is 17.7 Å². The Morgan fingerprint density at radius 1 is 0.667 bits per heavy atom. The number of hydrogen-bond acceptors (Lipinski definition) is 10. The Morgan fingerprint density at radius 2 is 1.25 bits per heavy atom. The van der Waals surface area contributed by atoms with E-state index in [0.29, 0.717) is 13.2 Å². The molecule has 0 aliphatic rings. The highest BCUT2D eigenvalue weighted by molar-refractivity contribution is 5.89. The first-order chi connectivity index (χ1) is 23.3. The smallest absolute Gasteiger partial charge is 0.308 e. The van der Waals surface area contributed by atoms with Gasteiger partial charge in [0.25, 0.3) is 0 Å². The Morgan fingerprint density at radius 3 is 1.88 bits per heavy atom. The van der Waals surface area contributed by atoms with Gasteiger partial charge in [-0.25, -0.2) is 0 Å². The van der Waals surface area contributed by atoms with Gasteiger partial charge in [-0.2, -0.15) is 0 Å². The molecule has 0 aliphatic carbocycles. The van der Waals surface area contributed by atoms with Crippen LogP contribution >= 0.6 is 0 Å². The number of unbranched alkanes of at least 4 members (excludes halogenated alkanes) is 1. The Bertz CT molecular complexity index is 1240. The summed E-state index contributed by atoms with van der Waals surface area (Å²) in [5, 5.41) is 7.56. The van der Waals surface area contributed by atoms with E-state index in [0.717, 1.165) is 31.2 Å². The lowest BCUT2D eigenvalue weighted by atomic mass is 10.0. The van der Waals surface area contributed by atoms with Gasteiger partial charge in [0.05, 0.1) is 32.8 Å². The molecular formula is C35H49N3O10. The van der Waals surface area contributed by atoms with Gasteiger partial charge in [-0.15, -0.1) is 0 Å². The van der Waals surface area contributed by atoms with Crippen molar-refractivity contribution in [2.24, 2.45) is 0 Å². The van der Waals surface area contributed by atoms with Gasteiger partial charge in [-0.1, -0.05) is 54.6 Å². The monoisotopic (exact) mass is 671 g/mol. The maximum Gasteiger partial charge on any atom is 0.308 e. The zero-order chi connectivity index (χ0) is 34.8. The first kappa shape index (κ1) is 40.0. The number of methoxy groups -OCH3 is 2. The number of carbonyl (C=O) groups excluding carboxylic acids is 5. The lowest BCUT2D eigenvalue weighted by molar-refractivity contribution is -0.147. The second-order valence-corrected chi connectivity index (χ2v) is 10.9. The number of amides is 3. The molecule has 0 fully saturated rings. The molecule has 0 heterocycles. The van der Waals surface area contributed by atoms with Crippen LogP contribution in [0.5, 0.6) is 0 Å². The van der Waals surface area contributed by atoms with Crippen LogP contribution in [-0.2, 0) is 66.9 Å². The third kappa shape index (κ3) is 18.8. The van der Waals surface area contributed by atoms with Crippen LogP contribution in [0.3, 0.4) is 0 Å². The minimum Gasteiger partial charge on any atom is -0.458 e. The van der Waals surface area contributed by atoms with E-state index in [9.17, 15) is 24.0 Å². The molecule has 1 atom stereocenters. The van der Waals surface area contributed by atoms with E-state index in [1.54, 1.807) is 0 Å². The summed E-state index contributed by atoms with van der Waals surface area (Å²) < 4.78 is 25.1. The molecule has 0 aliphatic heterocycles. The van der Waals surface area contributed by atoms with Gasteiger partial charge in [-0.05, 0) is 42.4 Å². The highest BCUT2D eigenvalue weighted by Gasteiger charge is 2.22. The van der Waals surface area contributed by atoms with Crippen LogP contribution in [0.25, 0.3) is 0 Å². The van der Waals surface area contributed by atoms with Gasteiger partial charge in [0.1, 0.15) is 25.9 Å². The molecule has 3 amide bonds. The van der Waals surface area contributed by atoms with Crippen LogP contribution in [0.2, 0.25) is 0 Å². The normalized spacial score (nSPS) is 11.4. The summed E-state index contributed by atoms with van der Waals surface area (Å²) in [5.41, 5.74) is 3.38. The van der Waals surface area contributed by atoms with Crippen molar-refractivity contribution in [3.63, 3.8) is 0 Å². The topological polar surface area (TPSA) is 168 Å². The number of benzene rings is 2. The average Bonchev–Trinajstić information content (AvgIpc) is 3.09. The van der Waals surface area contributed by atoms with Crippen LogP contribution in [-0.4, -0.2) is 109 Å². The van der Waals surface area contributed by atoms with Crippen LogP contribution < -0.4 is 16.0 Å². The first-order valence-corrected chi connectivity index (χ1v) is 16.1. The van der Waals surface area contributed by atoms with E-state index in [1.165, 1.54) is 25.3 Å². The molecule has 0 saturated heterocycles. The third-order valence-corrected chi connectivity index (χ3v) is 6.96. The van der Waals surface area contributed by atoms with E-state index in [1.807, 2.05) is 30.3 Å². The number of aryl methyl sites for hydroxylation is 2. The zero-order valence-corrected chi connectivity index (χ0v) is 28.0. The van der Waals surface area contributed by atoms with Gasteiger partial charge in [0.15, 0.2) is 5.78 Å². The molecule has 2 aromatic rings. The van der Waals surface area contributed by atoms with Crippen LogP contribution in [0.4, 0.5) is 0 Å². The van der Waals surface area contributed by atoms with Gasteiger partial charge in [0, 0.05) is 33.7 Å². The summed E-state index contributed by atoms with van der Waals surface area (Å²) in [4.78, 5) is 61.7. The number of rotatable bonds is 26. The molecule has 3 N–H and O–H groups in total. The molecule has 2 aromatic carbocycles. The molecule has 0 radical (unpaired) electrons. The summed E-state index contributed by atoms with van der Waals surface area (Å²) in [5.74, 6) is -2.62. The third-order valence-electron chi connectivity index (χ3n) is 6.96. The van der Waals surface area contributed by atoms with Crippen LogP contribution in [0.15, 0.2) is 54.6 Å². The van der Waals surface area contributed by atoms with Crippen molar-refractivity contribution in [1.29, 1.82) is 0 Å². The second kappa shape index (κ2) is 24.9. The Labute approximate surface area is 282 Å². The predicted molar refractivity (Wildman–Crippen MR) is 177 cm³/mol. The van der Waals surface area contributed by atoms with E-state index in [2.05, 4.69) is 40.2 Å². The standard InChI is InChI=1S/C35H49N3O10/c1-44-18-20-46-25-32(40)37-23-31(38-33(41)26-47-21-19-45-2)35(43)36-17-16-34(42)48-24-30(39)22-29-14-12-28(13-15-29)11-7-6-10-27-8-4-3-5-9-27/h3-5,8-9,12-15,31H,6-7,10-11,16-26H2,1-2H3,(H,36,43)(H,37,40)(H,38,41)/t31-/m0/s1. The summed E-state index contributed by atoms with van der Waals surface area (Å²) in [6.07, 6.45) is 4.13. The number of esters is 1. The van der Waals surface area contributed by atoms with E-state index >= 15 is 0 Å². The molecule has 0 bridgehead atoms. The molecule has 0 spiro atoms. The lowest BCUT2D eigenvalue weighted by Gasteiger charge is -2.19. The predicted octanol–water partition coefficient (Wildman–Crippen LogP) is 1.34. The lowest BCUT2D eigenvalue weighted by Crippen LogP contribution is -2.54. The van der Waals surface area contributed by atoms with Crippen molar-refractivity contribution >= 4 is 29.5 Å². The van der Waals surface area contributed by atoms with Crippen LogP contribution in [0, 0.1) is 0 Å². The summed E-state index contributed by atoms with van der Waals surface area (Å²) in [6.45, 7) is -0.275. The Kier molecular flexibility index (Phi) is 20.8. The highest BCUT2D eigenvalue weighted by Crippen LogP contribution is 2.11. The number of hydrogen-bond donors (Lipinski definition) is 3. The van der Waals surface area contributed by atoms with E-state index in [-0.39, 0.29) is 64.7 Å². The van der Waals surface area contributed by atoms with Crippen molar-refractivity contribution in [3.05, 3.63) is 71.3 Å². The number of carbonyl (C=O) groups is 5. The largest absolute Gasteiger partial charge is 0.458 e. The maximum absolute atomic E-state index is 12.8. The number of nitrogens with one attached hydrogen (secondary N) is 3. The summed E-state index contributed by atoms with van der Waals surface area (Å²) >= 11 is 0. The zero-order valence-electron chi connectivity index (χ0n) is 28.0. The number of ketones is 1. The molecule has 48 heavy (non-hydrogen) atoms. The summed E-state index contributed by atoms with van der Waals surface area (Å²) in [7, 11) is 3.00. The fourth-order valence-corrected chi connectivity index (χ4v) is 4.38. The minimum absolute atomic E-state index is 0.108. The minimum atomic E-state index is -1.15. The number of Topliss-reactive ketones (excluding diaryl/α,β-unsaturated/α-hetero) is 1. The highest BCUT2D eigenvalue weighted by atomic mass is 16.5. The molecule has 2 rings (SSSR count). The van der Waals surface area contributed by atoms with E-state index in [4.69, 9.17) is 23.7 Å². The van der Waals surface area contributed by atoms with Gasteiger partial charge >= 0.3 is 5.97 Å². The molecule has 0 saturated carbocycles. The first-order valence-electron chi connectivity index (χ1n) is 16.1. The van der Waals surface area contributed by atoms with Crippen molar-refractivity contribution in [2.75, 3.05) is 73.6 Å². The maximum atomic E-state index is 12.8. The molecule has 13 nitrogen and oxygen atoms in total. The number of ether oxygens (including phenoxy) is 5. The molecule has 264 valence electrons. The molecule has 0 unspecified atom stereocenters. The molecule has 0 aromatic heterocycles. The van der Waals surface area contributed by atoms with Crippen molar-refractivity contribution in [1.82, 2.24) is 16.0 Å². The van der Waals surface area contributed by atoms with Gasteiger partial charge < -0.3 is 39.6 Å². The summed E-state index contributed by atoms with van der Waals surface area (Å²) in [6, 6.07) is 17.1. The van der Waals surface area contributed by atoms with Crippen LogP contribution in [0.1, 0.15) is 36.0 Å². The second-order valence-electron chi connectivity index (χ2n) is 10.9. The van der Waals surface area contributed by atoms with Gasteiger partial charge in [-0.3, -0.25) is 24.0 Å². The Balaban J connectivity index is 1.69. The van der Waals surface area contributed by atoms with Crippen molar-refractivity contribution in [2.45, 2.75) is 44.6 Å². The molecule has 13 heteroatoms. The van der Waals surface area contributed by atoms with E-state index < -0.39 is 29.7 Å². The SMILES string of the molecule is COCCOCC(=O)NC[C@H](NC(=O)COCCOC)C(=O)NCCC(=O)OCC(=O)Cc1ccc(CCCCc2ccccc2)cc1. The Hall–Kier alpha value is -4.17. The molecular weight excluding hydrogens is 622 g/mol. The average molecular weight is 672 g/mol. The fraction of sp³-hybridized carbons (Fsp3) is 0.514. The van der Waals surface area contributed by atoms with Crippen molar-refractivity contribution < 1.29 is 47.7 Å².